The first-order chi connectivity index (χ1) is 12.6. The molecule has 0 radical (unpaired) electrons. The molecule has 0 fully saturated rings. The van der Waals surface area contributed by atoms with Crippen LogP contribution in [0.15, 0.2) is 58.5 Å². The summed E-state index contributed by atoms with van der Waals surface area (Å²) in [6.45, 7) is 5.47. The molecule has 140 valence electrons. The van der Waals surface area contributed by atoms with E-state index in [9.17, 15) is 18.0 Å². The summed E-state index contributed by atoms with van der Waals surface area (Å²) in [6, 6.07) is 9.12. The van der Waals surface area contributed by atoms with Crippen LogP contribution in [0, 0.1) is 20.8 Å². The van der Waals surface area contributed by atoms with E-state index in [0.29, 0.717) is 14.6 Å². The molecule has 3 rings (SSSR count). The van der Waals surface area contributed by atoms with Crippen LogP contribution in [0.5, 0.6) is 0 Å². The number of carbonyl (C=O) groups is 1. The lowest BCUT2D eigenvalue weighted by molar-refractivity contribution is 0.0955. The lowest BCUT2D eigenvalue weighted by Gasteiger charge is -2.10. The molecule has 0 saturated heterocycles. The summed E-state index contributed by atoms with van der Waals surface area (Å²) in [5, 5.41) is 0.374. The van der Waals surface area contributed by atoms with Crippen molar-refractivity contribution in [3.8, 4) is 0 Å². The van der Waals surface area contributed by atoms with Crippen molar-refractivity contribution in [2.24, 2.45) is 0 Å². The van der Waals surface area contributed by atoms with Gasteiger partial charge in [-0.1, -0.05) is 29.3 Å². The largest absolute Gasteiger partial charge is 0.349 e. The number of rotatable bonds is 3. The standard InChI is InChI=1S/C19H17ClN2O4S/c1-12-10-13(2)17(14(3)11-12)18(23)21-8-9-22(19(21)24)27(25,26)16-6-4-15(20)5-7-16/h4-11H,1-3H3. The van der Waals surface area contributed by atoms with Crippen LogP contribution < -0.4 is 5.69 Å². The molecule has 1 aromatic heterocycles. The van der Waals surface area contributed by atoms with E-state index in [4.69, 9.17) is 11.6 Å². The van der Waals surface area contributed by atoms with Crippen molar-refractivity contribution in [3.63, 3.8) is 0 Å². The molecule has 1 heterocycles. The minimum Gasteiger partial charge on any atom is -0.268 e. The zero-order valence-corrected chi connectivity index (χ0v) is 16.5. The van der Waals surface area contributed by atoms with Gasteiger partial charge in [-0.05, 0) is 56.2 Å². The van der Waals surface area contributed by atoms with Crippen LogP contribution in [-0.4, -0.2) is 22.9 Å². The van der Waals surface area contributed by atoms with Crippen LogP contribution in [0.25, 0.3) is 0 Å². The van der Waals surface area contributed by atoms with Crippen LogP contribution >= 0.6 is 11.6 Å². The number of benzene rings is 2. The fraction of sp³-hybridized carbons (Fsp3) is 0.158. The maximum absolute atomic E-state index is 12.9. The second-order valence-electron chi connectivity index (χ2n) is 6.28. The molecule has 0 amide bonds. The second-order valence-corrected chi connectivity index (χ2v) is 8.54. The third kappa shape index (κ3) is 3.36. The van der Waals surface area contributed by atoms with E-state index in [-0.39, 0.29) is 4.90 Å². The van der Waals surface area contributed by atoms with E-state index >= 15 is 0 Å². The Kier molecular flexibility index (Phi) is 4.84. The number of hydrogen-bond donors (Lipinski definition) is 0. The van der Waals surface area contributed by atoms with Crippen molar-refractivity contribution >= 4 is 27.5 Å². The third-order valence-corrected chi connectivity index (χ3v) is 6.14. The third-order valence-electron chi connectivity index (χ3n) is 4.23. The first-order valence-electron chi connectivity index (χ1n) is 8.06. The van der Waals surface area contributed by atoms with Gasteiger partial charge in [0.1, 0.15) is 0 Å². The highest BCUT2D eigenvalue weighted by atomic mass is 35.5. The van der Waals surface area contributed by atoms with E-state index in [2.05, 4.69) is 0 Å². The normalized spacial score (nSPS) is 11.6. The van der Waals surface area contributed by atoms with Gasteiger partial charge in [0, 0.05) is 23.0 Å². The minimum absolute atomic E-state index is 0.0955. The Bertz CT molecular complexity index is 1180. The molecule has 0 N–H and O–H groups in total. The second kappa shape index (κ2) is 6.83. The summed E-state index contributed by atoms with van der Waals surface area (Å²) in [4.78, 5) is 25.4. The lowest BCUT2D eigenvalue weighted by atomic mass is 9.99. The van der Waals surface area contributed by atoms with E-state index in [1.165, 1.54) is 24.3 Å². The molecule has 2 aromatic carbocycles. The molecule has 0 atom stereocenters. The summed E-state index contributed by atoms with van der Waals surface area (Å²) < 4.78 is 26.8. The average Bonchev–Trinajstić information content (AvgIpc) is 2.96. The molecular formula is C19H17ClN2O4S. The Balaban J connectivity index is 2.10. The number of nitrogens with zero attached hydrogens (tertiary/aromatic N) is 2. The van der Waals surface area contributed by atoms with Gasteiger partial charge < -0.3 is 0 Å². The summed E-state index contributed by atoms with van der Waals surface area (Å²) in [5.41, 5.74) is 1.87. The molecule has 0 aliphatic heterocycles. The highest BCUT2D eigenvalue weighted by Gasteiger charge is 2.24. The van der Waals surface area contributed by atoms with Crippen molar-refractivity contribution < 1.29 is 13.2 Å². The van der Waals surface area contributed by atoms with Crippen LogP contribution in [0.4, 0.5) is 0 Å². The van der Waals surface area contributed by atoms with Crippen molar-refractivity contribution in [2.45, 2.75) is 25.7 Å². The molecule has 0 aliphatic rings. The smallest absolute Gasteiger partial charge is 0.268 e. The Morgan fingerprint density at radius 3 is 2.07 bits per heavy atom. The van der Waals surface area contributed by atoms with E-state index in [1.54, 1.807) is 13.8 Å². The molecule has 0 saturated carbocycles. The topological polar surface area (TPSA) is 78.1 Å². The molecule has 3 aromatic rings. The number of aromatic nitrogens is 2. The van der Waals surface area contributed by atoms with Gasteiger partial charge in [-0.2, -0.15) is 3.97 Å². The van der Waals surface area contributed by atoms with Gasteiger partial charge >= 0.3 is 5.69 Å². The highest BCUT2D eigenvalue weighted by Crippen LogP contribution is 2.19. The zero-order valence-electron chi connectivity index (χ0n) is 14.9. The number of imidazole rings is 1. The fourth-order valence-electron chi connectivity index (χ4n) is 3.06. The van der Waals surface area contributed by atoms with Gasteiger partial charge in [-0.25, -0.2) is 17.8 Å². The lowest BCUT2D eigenvalue weighted by Crippen LogP contribution is -2.33. The Labute approximate surface area is 161 Å². The maximum Gasteiger partial charge on any atom is 0.349 e. The van der Waals surface area contributed by atoms with E-state index in [1.807, 2.05) is 19.1 Å². The van der Waals surface area contributed by atoms with Gasteiger partial charge in [0.05, 0.1) is 4.90 Å². The number of aryl methyl sites for hydroxylation is 3. The number of hydrogen-bond acceptors (Lipinski definition) is 4. The average molecular weight is 405 g/mol. The molecule has 0 aliphatic carbocycles. The van der Waals surface area contributed by atoms with E-state index < -0.39 is 21.6 Å². The van der Waals surface area contributed by atoms with Crippen molar-refractivity contribution in [1.29, 1.82) is 0 Å². The van der Waals surface area contributed by atoms with Gasteiger partial charge in [0.25, 0.3) is 15.9 Å². The molecule has 27 heavy (non-hydrogen) atoms. The van der Waals surface area contributed by atoms with Crippen LogP contribution in [0.3, 0.4) is 0 Å². The predicted octanol–water partition coefficient (Wildman–Crippen LogP) is 3.15. The van der Waals surface area contributed by atoms with Gasteiger partial charge in [0.15, 0.2) is 0 Å². The van der Waals surface area contributed by atoms with Crippen molar-refractivity contribution in [3.05, 3.63) is 86.6 Å². The predicted molar refractivity (Wildman–Crippen MR) is 103 cm³/mol. The zero-order chi connectivity index (χ0) is 19.9. The number of halogens is 1. The quantitative estimate of drug-likeness (QED) is 0.671. The SMILES string of the molecule is Cc1cc(C)c(C(=O)n2ccn(S(=O)(=O)c3ccc(Cl)cc3)c2=O)c(C)c1. The molecule has 0 unspecified atom stereocenters. The van der Waals surface area contributed by atoms with E-state index in [0.717, 1.165) is 33.7 Å². The summed E-state index contributed by atoms with van der Waals surface area (Å²) in [5.74, 6) is -0.569. The minimum atomic E-state index is -4.14. The van der Waals surface area contributed by atoms with Gasteiger partial charge in [-0.15, -0.1) is 0 Å². The highest BCUT2D eigenvalue weighted by molar-refractivity contribution is 7.90. The van der Waals surface area contributed by atoms with Gasteiger partial charge in [0.2, 0.25) is 0 Å². The van der Waals surface area contributed by atoms with Gasteiger partial charge in [-0.3, -0.25) is 4.79 Å². The van der Waals surface area contributed by atoms with Crippen molar-refractivity contribution in [1.82, 2.24) is 8.54 Å². The van der Waals surface area contributed by atoms with Crippen molar-refractivity contribution in [2.75, 3.05) is 0 Å². The Morgan fingerprint density at radius 2 is 1.52 bits per heavy atom. The molecular weight excluding hydrogens is 388 g/mol. The fourth-order valence-corrected chi connectivity index (χ4v) is 4.40. The monoisotopic (exact) mass is 404 g/mol. The Hall–Kier alpha value is -2.64. The molecule has 6 nitrogen and oxygen atoms in total. The Morgan fingerprint density at radius 1 is 0.963 bits per heavy atom. The molecule has 8 heteroatoms. The summed E-state index contributed by atoms with van der Waals surface area (Å²) >= 11 is 5.78. The summed E-state index contributed by atoms with van der Waals surface area (Å²) in [7, 11) is -4.14. The summed E-state index contributed by atoms with van der Waals surface area (Å²) in [6.07, 6.45) is 2.24. The molecule has 0 bridgehead atoms. The first-order valence-corrected chi connectivity index (χ1v) is 9.88. The maximum atomic E-state index is 12.9. The van der Waals surface area contributed by atoms with Crippen LogP contribution in [0.1, 0.15) is 27.0 Å². The molecule has 0 spiro atoms. The van der Waals surface area contributed by atoms with Crippen LogP contribution in [0.2, 0.25) is 5.02 Å². The van der Waals surface area contributed by atoms with Crippen LogP contribution in [-0.2, 0) is 10.0 Å². The number of carbonyl (C=O) groups excluding carboxylic acids is 1. The first kappa shape index (κ1) is 19.1.